The number of amides is 1. The highest BCUT2D eigenvalue weighted by Gasteiger charge is 2.10. The first kappa shape index (κ1) is 19.8. The van der Waals surface area contributed by atoms with Crippen molar-refractivity contribution in [3.05, 3.63) is 53.7 Å². The summed E-state index contributed by atoms with van der Waals surface area (Å²) >= 11 is 3.07. The number of rotatable bonds is 8. The number of hydrogen-bond acceptors (Lipinski definition) is 5. The Morgan fingerprint density at radius 3 is 3.00 bits per heavy atom. The number of ether oxygens (including phenoxy) is 1. The van der Waals surface area contributed by atoms with E-state index in [0.717, 1.165) is 37.9 Å². The molecular weight excluding hydrogens is 402 g/mol. The zero-order valence-corrected chi connectivity index (χ0v) is 18.1. The van der Waals surface area contributed by atoms with Gasteiger partial charge in [0.15, 0.2) is 4.34 Å². The lowest BCUT2D eigenvalue weighted by Crippen LogP contribution is -2.27. The summed E-state index contributed by atoms with van der Waals surface area (Å²) in [6.07, 6.45) is 0.813. The van der Waals surface area contributed by atoms with Crippen LogP contribution in [-0.2, 0) is 11.2 Å². The second-order valence-corrected chi connectivity index (χ2v) is 8.96. The molecule has 0 spiro atoms. The molecule has 1 amide bonds. The van der Waals surface area contributed by atoms with Crippen molar-refractivity contribution in [3.63, 3.8) is 0 Å². The summed E-state index contributed by atoms with van der Waals surface area (Å²) in [5, 5.41) is 4.26. The van der Waals surface area contributed by atoms with Gasteiger partial charge in [-0.05, 0) is 50.1 Å². The lowest BCUT2D eigenvalue weighted by Gasteiger charge is -2.05. The van der Waals surface area contributed by atoms with Crippen molar-refractivity contribution in [3.8, 4) is 5.75 Å². The maximum atomic E-state index is 12.3. The molecule has 0 aliphatic rings. The third-order valence-corrected chi connectivity index (χ3v) is 6.86. The van der Waals surface area contributed by atoms with Crippen LogP contribution in [0.15, 0.2) is 46.8 Å². The Kier molecular flexibility index (Phi) is 6.06. The monoisotopic (exact) mass is 425 g/mol. The first-order chi connectivity index (χ1) is 14.1. The molecule has 0 saturated carbocycles. The number of aromatic nitrogens is 2. The molecule has 5 nitrogen and oxygen atoms in total. The van der Waals surface area contributed by atoms with Crippen molar-refractivity contribution in [2.45, 2.75) is 24.6 Å². The predicted molar refractivity (Wildman–Crippen MR) is 121 cm³/mol. The van der Waals surface area contributed by atoms with E-state index in [1.54, 1.807) is 11.3 Å². The molecule has 29 heavy (non-hydrogen) atoms. The van der Waals surface area contributed by atoms with Crippen LogP contribution in [-0.4, -0.2) is 34.8 Å². The zero-order valence-electron chi connectivity index (χ0n) is 16.5. The standard InChI is InChI=1S/C22H23N3O2S2/c1-3-27-15-8-9-19-20(12-15)29-22(25-19)28-13-21(26)23-11-10-16-14(2)24-18-7-5-4-6-17(16)18/h4-9,12,24H,3,10-11,13H2,1-2H3,(H,23,26). The van der Waals surface area contributed by atoms with Gasteiger partial charge < -0.3 is 15.0 Å². The maximum absolute atomic E-state index is 12.3. The molecule has 2 N–H and O–H groups in total. The molecule has 0 atom stereocenters. The number of para-hydroxylation sites is 1. The van der Waals surface area contributed by atoms with E-state index in [4.69, 9.17) is 4.74 Å². The number of aryl methyl sites for hydroxylation is 1. The Morgan fingerprint density at radius 1 is 1.28 bits per heavy atom. The summed E-state index contributed by atoms with van der Waals surface area (Å²) in [5.74, 6) is 1.25. The first-order valence-electron chi connectivity index (χ1n) is 9.63. The normalized spacial score (nSPS) is 11.2. The highest BCUT2D eigenvalue weighted by atomic mass is 32.2. The molecule has 0 aliphatic carbocycles. The fraction of sp³-hybridized carbons (Fsp3) is 0.273. The van der Waals surface area contributed by atoms with Crippen molar-refractivity contribution in [1.82, 2.24) is 15.3 Å². The average molecular weight is 426 g/mol. The summed E-state index contributed by atoms with van der Waals surface area (Å²) in [7, 11) is 0. The third kappa shape index (κ3) is 4.57. The number of benzene rings is 2. The van der Waals surface area contributed by atoms with Gasteiger partial charge in [0.1, 0.15) is 5.75 Å². The van der Waals surface area contributed by atoms with Gasteiger partial charge in [0, 0.05) is 23.1 Å². The van der Waals surface area contributed by atoms with Gasteiger partial charge >= 0.3 is 0 Å². The van der Waals surface area contributed by atoms with Crippen molar-refractivity contribution in [2.24, 2.45) is 0 Å². The molecular formula is C22H23N3O2S2. The number of H-pyrrole nitrogens is 1. The summed E-state index contributed by atoms with van der Waals surface area (Å²) in [5.41, 5.74) is 4.52. The Hall–Kier alpha value is -2.51. The highest BCUT2D eigenvalue weighted by Crippen LogP contribution is 2.31. The Morgan fingerprint density at radius 2 is 2.14 bits per heavy atom. The Balaban J connectivity index is 1.30. The summed E-state index contributed by atoms with van der Waals surface area (Å²) in [6, 6.07) is 14.2. The molecule has 0 fully saturated rings. The number of hydrogen-bond donors (Lipinski definition) is 2. The third-order valence-electron chi connectivity index (χ3n) is 4.70. The molecule has 0 unspecified atom stereocenters. The number of carbonyl (C=O) groups is 1. The lowest BCUT2D eigenvalue weighted by molar-refractivity contribution is -0.118. The summed E-state index contributed by atoms with van der Waals surface area (Å²) < 4.78 is 7.51. The second kappa shape index (κ2) is 8.88. The molecule has 4 aromatic rings. The van der Waals surface area contributed by atoms with Crippen LogP contribution < -0.4 is 10.1 Å². The van der Waals surface area contributed by atoms with Crippen LogP contribution in [0.3, 0.4) is 0 Å². The highest BCUT2D eigenvalue weighted by molar-refractivity contribution is 8.01. The van der Waals surface area contributed by atoms with E-state index in [0.29, 0.717) is 18.9 Å². The van der Waals surface area contributed by atoms with Gasteiger partial charge in [-0.25, -0.2) is 4.98 Å². The number of aromatic amines is 1. The molecule has 0 saturated heterocycles. The van der Waals surface area contributed by atoms with Crippen LogP contribution in [0.1, 0.15) is 18.2 Å². The van der Waals surface area contributed by atoms with Crippen molar-refractivity contribution >= 4 is 50.1 Å². The average Bonchev–Trinajstić information content (AvgIpc) is 3.26. The van der Waals surface area contributed by atoms with Crippen LogP contribution in [0.5, 0.6) is 5.75 Å². The minimum atomic E-state index is 0.0294. The Bertz CT molecular complexity index is 1150. The molecule has 2 heterocycles. The van der Waals surface area contributed by atoms with Gasteiger partial charge in [-0.2, -0.15) is 0 Å². The quantitative estimate of drug-likeness (QED) is 0.393. The number of nitrogens with zero attached hydrogens (tertiary/aromatic N) is 1. The molecule has 4 rings (SSSR count). The van der Waals surface area contributed by atoms with Gasteiger partial charge in [-0.3, -0.25) is 4.79 Å². The second-order valence-electron chi connectivity index (χ2n) is 6.71. The van der Waals surface area contributed by atoms with Gasteiger partial charge in [0.2, 0.25) is 5.91 Å². The SMILES string of the molecule is CCOc1ccc2nc(SCC(=O)NCCc3c(C)[nH]c4ccccc34)sc2c1. The molecule has 0 radical (unpaired) electrons. The number of thioether (sulfide) groups is 1. The smallest absolute Gasteiger partial charge is 0.230 e. The maximum Gasteiger partial charge on any atom is 0.230 e. The van der Waals surface area contributed by atoms with Crippen molar-refractivity contribution in [1.29, 1.82) is 0 Å². The van der Waals surface area contributed by atoms with E-state index in [-0.39, 0.29) is 5.91 Å². The van der Waals surface area contributed by atoms with E-state index in [1.807, 2.05) is 37.3 Å². The van der Waals surface area contributed by atoms with E-state index in [2.05, 4.69) is 34.3 Å². The number of carbonyl (C=O) groups excluding carboxylic acids is 1. The van der Waals surface area contributed by atoms with Gasteiger partial charge in [0.25, 0.3) is 0 Å². The number of thiazole rings is 1. The fourth-order valence-electron chi connectivity index (χ4n) is 3.36. The topological polar surface area (TPSA) is 67.0 Å². The van der Waals surface area contributed by atoms with Crippen LogP contribution >= 0.6 is 23.1 Å². The minimum Gasteiger partial charge on any atom is -0.494 e. The Labute approximate surface area is 177 Å². The van der Waals surface area contributed by atoms with Gasteiger partial charge in [-0.1, -0.05) is 30.0 Å². The van der Waals surface area contributed by atoms with E-state index in [1.165, 1.54) is 22.7 Å². The summed E-state index contributed by atoms with van der Waals surface area (Å²) in [6.45, 7) is 5.32. The van der Waals surface area contributed by atoms with Crippen LogP contribution in [0, 0.1) is 6.92 Å². The van der Waals surface area contributed by atoms with Crippen LogP contribution in [0.25, 0.3) is 21.1 Å². The first-order valence-corrected chi connectivity index (χ1v) is 11.4. The predicted octanol–water partition coefficient (Wildman–Crippen LogP) is 4.94. The molecule has 0 aliphatic heterocycles. The molecule has 150 valence electrons. The minimum absolute atomic E-state index is 0.0294. The van der Waals surface area contributed by atoms with E-state index in [9.17, 15) is 4.79 Å². The largest absolute Gasteiger partial charge is 0.494 e. The molecule has 2 aromatic carbocycles. The van der Waals surface area contributed by atoms with Crippen molar-refractivity contribution in [2.75, 3.05) is 18.9 Å². The fourth-order valence-corrected chi connectivity index (χ4v) is 5.29. The lowest BCUT2D eigenvalue weighted by atomic mass is 10.1. The zero-order chi connectivity index (χ0) is 20.2. The van der Waals surface area contributed by atoms with Crippen LogP contribution in [0.4, 0.5) is 0 Å². The van der Waals surface area contributed by atoms with Crippen LogP contribution in [0.2, 0.25) is 0 Å². The van der Waals surface area contributed by atoms with Gasteiger partial charge in [0.05, 0.1) is 22.6 Å². The number of fused-ring (bicyclic) bond motifs is 2. The molecule has 0 bridgehead atoms. The van der Waals surface area contributed by atoms with Gasteiger partial charge in [-0.15, -0.1) is 11.3 Å². The molecule has 7 heteroatoms. The van der Waals surface area contributed by atoms with Crippen molar-refractivity contribution < 1.29 is 9.53 Å². The number of nitrogens with one attached hydrogen (secondary N) is 2. The molecule has 2 aromatic heterocycles. The van der Waals surface area contributed by atoms with E-state index < -0.39 is 0 Å². The van der Waals surface area contributed by atoms with E-state index >= 15 is 0 Å². The summed E-state index contributed by atoms with van der Waals surface area (Å²) in [4.78, 5) is 20.3.